The third-order valence-corrected chi connectivity index (χ3v) is 6.43. The second kappa shape index (κ2) is 5.99. The van der Waals surface area contributed by atoms with Crippen LogP contribution in [0.25, 0.3) is 5.70 Å². The molecule has 0 bridgehead atoms. The highest BCUT2D eigenvalue weighted by Gasteiger charge is 2.40. The first-order chi connectivity index (χ1) is 11.5. The van der Waals surface area contributed by atoms with Gasteiger partial charge in [0.1, 0.15) is 0 Å². The zero-order valence-corrected chi connectivity index (χ0v) is 16.1. The molecule has 0 fully saturated rings. The van der Waals surface area contributed by atoms with Gasteiger partial charge < -0.3 is 9.80 Å². The molecule has 0 N–H and O–H groups in total. The van der Waals surface area contributed by atoms with E-state index < -0.39 is 0 Å². The average Bonchev–Trinajstić information content (AvgIpc) is 3.26. The summed E-state index contributed by atoms with van der Waals surface area (Å²) < 4.78 is 0. The Morgan fingerprint density at radius 1 is 1.21 bits per heavy atom. The first-order valence-corrected chi connectivity index (χ1v) is 10.3. The van der Waals surface area contributed by atoms with Crippen molar-refractivity contribution in [3.8, 4) is 11.8 Å². The molecule has 0 aliphatic carbocycles. The fourth-order valence-electron chi connectivity index (χ4n) is 2.76. The lowest BCUT2D eigenvalue weighted by atomic mass is 10.1. The van der Waals surface area contributed by atoms with Gasteiger partial charge in [0.15, 0.2) is 10.5 Å². The van der Waals surface area contributed by atoms with Crippen LogP contribution in [0.5, 0.6) is 0 Å². The second-order valence-corrected chi connectivity index (χ2v) is 9.45. The molecule has 1 atom stereocenters. The summed E-state index contributed by atoms with van der Waals surface area (Å²) in [5, 5.41) is 4.98. The summed E-state index contributed by atoms with van der Waals surface area (Å²) >= 11 is 5.17. The van der Waals surface area contributed by atoms with Crippen LogP contribution in [-0.4, -0.2) is 25.8 Å². The lowest BCUT2D eigenvalue weighted by molar-refractivity contribution is 0.173. The molecule has 0 saturated carbocycles. The van der Waals surface area contributed by atoms with E-state index in [0.29, 0.717) is 5.50 Å². The highest BCUT2D eigenvalue weighted by atomic mass is 32.2. The predicted molar refractivity (Wildman–Crippen MR) is 104 cm³/mol. The van der Waals surface area contributed by atoms with Gasteiger partial charge in [-0.25, -0.2) is 4.98 Å². The fraction of sp³-hybridized carbons (Fsp3) is 0.278. The Kier molecular flexibility index (Phi) is 3.95. The molecule has 6 heteroatoms. The van der Waals surface area contributed by atoms with E-state index in [2.05, 4.69) is 77.3 Å². The molecule has 0 saturated heterocycles. The molecule has 0 radical (unpaired) electrons. The van der Waals surface area contributed by atoms with Crippen molar-refractivity contribution in [1.82, 2.24) is 14.8 Å². The molecule has 2 aromatic heterocycles. The molecule has 122 valence electrons. The SMILES string of the molecule is CC(C)(C)N1C(c2ccc(C#Cc3nccs3)s2)=CN2C=CSC21. The Hall–Kier alpha value is -1.68. The third-order valence-electron chi connectivity index (χ3n) is 3.75. The number of hydrogen-bond donors (Lipinski definition) is 0. The number of rotatable bonds is 1. The third kappa shape index (κ3) is 2.88. The van der Waals surface area contributed by atoms with Gasteiger partial charge in [-0.2, -0.15) is 0 Å². The number of thioether (sulfide) groups is 1. The Labute approximate surface area is 154 Å². The van der Waals surface area contributed by atoms with Crippen LogP contribution in [0, 0.1) is 11.8 Å². The first kappa shape index (κ1) is 15.8. The molecule has 24 heavy (non-hydrogen) atoms. The van der Waals surface area contributed by atoms with E-state index in [4.69, 9.17) is 0 Å². The Morgan fingerprint density at radius 3 is 2.83 bits per heavy atom. The van der Waals surface area contributed by atoms with Gasteiger partial charge in [-0.05, 0) is 50.2 Å². The Bertz CT molecular complexity index is 859. The van der Waals surface area contributed by atoms with Gasteiger partial charge in [0.25, 0.3) is 0 Å². The molecule has 2 aliphatic rings. The zero-order chi connectivity index (χ0) is 16.7. The standard InChI is InChI=1S/C18H17N3S3/c1-18(2,3)21-14(12-20-9-11-23-17(20)21)15-6-4-13(24-15)5-7-16-19-8-10-22-16/h4,6,8-12,17H,1-3H3. The molecule has 2 aromatic rings. The van der Waals surface area contributed by atoms with Crippen molar-refractivity contribution < 1.29 is 0 Å². The minimum absolute atomic E-state index is 0.0565. The number of fused-ring (bicyclic) bond motifs is 1. The summed E-state index contributed by atoms with van der Waals surface area (Å²) in [6.07, 6.45) is 6.19. The van der Waals surface area contributed by atoms with Gasteiger partial charge in [0, 0.05) is 29.5 Å². The minimum Gasteiger partial charge on any atom is -0.335 e. The summed E-state index contributed by atoms with van der Waals surface area (Å²) in [5.41, 5.74) is 1.66. The molecular weight excluding hydrogens is 354 g/mol. The molecular formula is C18H17N3S3. The smallest absolute Gasteiger partial charge is 0.167 e. The van der Waals surface area contributed by atoms with Crippen molar-refractivity contribution in [1.29, 1.82) is 0 Å². The summed E-state index contributed by atoms with van der Waals surface area (Å²) in [4.78, 5) is 11.3. The van der Waals surface area contributed by atoms with Crippen LogP contribution in [0.15, 0.2) is 41.5 Å². The topological polar surface area (TPSA) is 19.4 Å². The number of hydrogen-bond acceptors (Lipinski definition) is 6. The molecule has 0 amide bonds. The van der Waals surface area contributed by atoms with Gasteiger partial charge in [-0.15, -0.1) is 22.7 Å². The van der Waals surface area contributed by atoms with Crippen LogP contribution < -0.4 is 0 Å². The van der Waals surface area contributed by atoms with Crippen molar-refractivity contribution >= 4 is 40.1 Å². The van der Waals surface area contributed by atoms with E-state index in [1.165, 1.54) is 10.6 Å². The van der Waals surface area contributed by atoms with Gasteiger partial charge in [-0.3, -0.25) is 0 Å². The zero-order valence-electron chi connectivity index (χ0n) is 13.7. The first-order valence-electron chi connectivity index (χ1n) is 7.65. The van der Waals surface area contributed by atoms with Crippen LogP contribution in [0.2, 0.25) is 0 Å². The maximum Gasteiger partial charge on any atom is 0.167 e. The van der Waals surface area contributed by atoms with Crippen molar-refractivity contribution in [2.24, 2.45) is 0 Å². The van der Waals surface area contributed by atoms with Crippen molar-refractivity contribution in [2.75, 3.05) is 0 Å². The molecule has 0 spiro atoms. The van der Waals surface area contributed by atoms with E-state index >= 15 is 0 Å². The molecule has 3 nitrogen and oxygen atoms in total. The number of aromatic nitrogens is 1. The van der Waals surface area contributed by atoms with Gasteiger partial charge in [0.2, 0.25) is 0 Å². The van der Waals surface area contributed by atoms with Crippen LogP contribution in [0.4, 0.5) is 0 Å². The minimum atomic E-state index is 0.0565. The molecule has 4 rings (SSSR count). The normalized spacial score (nSPS) is 19.3. The maximum absolute atomic E-state index is 4.21. The lowest BCUT2D eigenvalue weighted by Gasteiger charge is -2.39. The summed E-state index contributed by atoms with van der Waals surface area (Å²) in [7, 11) is 0. The lowest BCUT2D eigenvalue weighted by Crippen LogP contribution is -2.45. The van der Waals surface area contributed by atoms with E-state index in [-0.39, 0.29) is 5.54 Å². The van der Waals surface area contributed by atoms with E-state index in [9.17, 15) is 0 Å². The Balaban J connectivity index is 1.64. The predicted octanol–water partition coefficient (Wildman–Crippen LogP) is 4.82. The maximum atomic E-state index is 4.21. The van der Waals surface area contributed by atoms with E-state index in [1.54, 1.807) is 28.9 Å². The van der Waals surface area contributed by atoms with Crippen molar-refractivity contribution in [2.45, 2.75) is 31.8 Å². The van der Waals surface area contributed by atoms with Crippen LogP contribution in [0.3, 0.4) is 0 Å². The van der Waals surface area contributed by atoms with Crippen LogP contribution >= 0.6 is 34.4 Å². The van der Waals surface area contributed by atoms with E-state index in [0.717, 1.165) is 9.88 Å². The highest BCUT2D eigenvalue weighted by Crippen LogP contribution is 2.45. The molecule has 1 unspecified atom stereocenters. The average molecular weight is 372 g/mol. The van der Waals surface area contributed by atoms with Gasteiger partial charge in [-0.1, -0.05) is 11.8 Å². The van der Waals surface area contributed by atoms with Gasteiger partial charge in [0.05, 0.1) is 15.5 Å². The number of thiophene rings is 1. The summed E-state index contributed by atoms with van der Waals surface area (Å²) in [6, 6.07) is 4.28. The van der Waals surface area contributed by atoms with Crippen molar-refractivity contribution in [3.63, 3.8) is 0 Å². The summed E-state index contributed by atoms with van der Waals surface area (Å²) in [5.74, 6) is 6.37. The highest BCUT2D eigenvalue weighted by molar-refractivity contribution is 8.02. The van der Waals surface area contributed by atoms with Crippen molar-refractivity contribution in [3.05, 3.63) is 56.3 Å². The number of nitrogens with zero attached hydrogens (tertiary/aromatic N) is 3. The van der Waals surface area contributed by atoms with Gasteiger partial charge >= 0.3 is 0 Å². The molecule has 0 aromatic carbocycles. The van der Waals surface area contributed by atoms with Crippen LogP contribution in [-0.2, 0) is 0 Å². The second-order valence-electron chi connectivity index (χ2n) is 6.50. The fourth-order valence-corrected chi connectivity index (χ4v) is 5.28. The molecule has 2 aliphatic heterocycles. The largest absolute Gasteiger partial charge is 0.335 e. The summed E-state index contributed by atoms with van der Waals surface area (Å²) in [6.45, 7) is 6.79. The monoisotopic (exact) mass is 371 g/mol. The number of thiazole rings is 1. The van der Waals surface area contributed by atoms with E-state index in [1.807, 2.05) is 17.1 Å². The molecule has 4 heterocycles. The Morgan fingerprint density at radius 2 is 2.08 bits per heavy atom. The van der Waals surface area contributed by atoms with Crippen LogP contribution in [0.1, 0.15) is 35.5 Å². The quantitative estimate of drug-likeness (QED) is 0.669.